The maximum absolute atomic E-state index is 11.7. The van der Waals surface area contributed by atoms with E-state index in [0.29, 0.717) is 0 Å². The molecule has 2 saturated heterocycles. The summed E-state index contributed by atoms with van der Waals surface area (Å²) in [6.45, 7) is 5.29. The lowest BCUT2D eigenvalue weighted by Gasteiger charge is -2.32. The van der Waals surface area contributed by atoms with Crippen molar-refractivity contribution in [3.05, 3.63) is 0 Å². The van der Waals surface area contributed by atoms with Crippen LogP contribution in [0.25, 0.3) is 0 Å². The summed E-state index contributed by atoms with van der Waals surface area (Å²) in [6, 6.07) is -0.0230. The van der Waals surface area contributed by atoms with E-state index in [1.54, 1.807) is 0 Å². The molecule has 0 radical (unpaired) electrons. The SMILES string of the molecule is CC1NCCN(CC2CCCO2)C1=O. The third-order valence-corrected chi connectivity index (χ3v) is 2.96. The molecule has 80 valence electrons. The van der Waals surface area contributed by atoms with Gasteiger partial charge in [-0.2, -0.15) is 0 Å². The highest BCUT2D eigenvalue weighted by molar-refractivity contribution is 5.82. The average molecular weight is 198 g/mol. The van der Waals surface area contributed by atoms with Crippen LogP contribution in [-0.2, 0) is 9.53 Å². The molecule has 2 unspecified atom stereocenters. The van der Waals surface area contributed by atoms with Crippen molar-refractivity contribution in [2.75, 3.05) is 26.2 Å². The molecule has 0 aromatic heterocycles. The van der Waals surface area contributed by atoms with Gasteiger partial charge in [-0.1, -0.05) is 0 Å². The van der Waals surface area contributed by atoms with Crippen molar-refractivity contribution in [3.8, 4) is 0 Å². The van der Waals surface area contributed by atoms with Gasteiger partial charge >= 0.3 is 0 Å². The van der Waals surface area contributed by atoms with Crippen molar-refractivity contribution in [1.82, 2.24) is 10.2 Å². The summed E-state index contributed by atoms with van der Waals surface area (Å²) < 4.78 is 5.52. The Balaban J connectivity index is 1.86. The predicted octanol–water partition coefficient (Wildman–Crippen LogP) is -0.0143. The molecular formula is C10H18N2O2. The van der Waals surface area contributed by atoms with Gasteiger partial charge in [0, 0.05) is 26.2 Å². The first kappa shape index (κ1) is 9.93. The molecule has 14 heavy (non-hydrogen) atoms. The monoisotopic (exact) mass is 198 g/mol. The van der Waals surface area contributed by atoms with Crippen molar-refractivity contribution in [2.24, 2.45) is 0 Å². The Labute approximate surface area is 84.6 Å². The van der Waals surface area contributed by atoms with Gasteiger partial charge in [-0.25, -0.2) is 0 Å². The molecule has 2 heterocycles. The molecule has 0 saturated carbocycles. The molecule has 4 nitrogen and oxygen atoms in total. The maximum Gasteiger partial charge on any atom is 0.239 e. The lowest BCUT2D eigenvalue weighted by atomic mass is 10.2. The molecule has 4 heteroatoms. The van der Waals surface area contributed by atoms with Crippen LogP contribution in [0.2, 0.25) is 0 Å². The smallest absolute Gasteiger partial charge is 0.239 e. The number of carbonyl (C=O) groups is 1. The first-order valence-corrected chi connectivity index (χ1v) is 5.41. The number of hydrogen-bond acceptors (Lipinski definition) is 3. The summed E-state index contributed by atoms with van der Waals surface area (Å²) in [5.41, 5.74) is 0. The minimum Gasteiger partial charge on any atom is -0.376 e. The fraction of sp³-hybridized carbons (Fsp3) is 0.900. The normalized spacial score (nSPS) is 33.8. The summed E-state index contributed by atoms with van der Waals surface area (Å²) >= 11 is 0. The third-order valence-electron chi connectivity index (χ3n) is 2.96. The zero-order valence-corrected chi connectivity index (χ0v) is 8.66. The number of ether oxygens (including phenoxy) is 1. The fourth-order valence-electron chi connectivity index (χ4n) is 2.10. The number of rotatable bonds is 2. The van der Waals surface area contributed by atoms with Gasteiger partial charge in [-0.15, -0.1) is 0 Å². The standard InChI is InChI=1S/C10H18N2O2/c1-8-10(13)12(5-4-11-8)7-9-3-2-6-14-9/h8-9,11H,2-7H2,1H3. The first-order valence-electron chi connectivity index (χ1n) is 5.41. The molecule has 1 amide bonds. The van der Waals surface area contributed by atoms with E-state index in [2.05, 4.69) is 5.32 Å². The fourth-order valence-corrected chi connectivity index (χ4v) is 2.10. The molecule has 0 bridgehead atoms. The van der Waals surface area contributed by atoms with Crippen molar-refractivity contribution >= 4 is 5.91 Å². The Morgan fingerprint density at radius 1 is 1.64 bits per heavy atom. The molecule has 0 aliphatic carbocycles. The summed E-state index contributed by atoms with van der Waals surface area (Å²) in [6.07, 6.45) is 2.52. The molecule has 1 N–H and O–H groups in total. The van der Waals surface area contributed by atoms with Crippen LogP contribution < -0.4 is 5.32 Å². The lowest BCUT2D eigenvalue weighted by Crippen LogP contribution is -2.55. The van der Waals surface area contributed by atoms with Crippen molar-refractivity contribution in [2.45, 2.75) is 31.9 Å². The van der Waals surface area contributed by atoms with Crippen LogP contribution in [0.1, 0.15) is 19.8 Å². The van der Waals surface area contributed by atoms with Gasteiger partial charge in [-0.05, 0) is 19.8 Å². The minimum atomic E-state index is -0.0230. The van der Waals surface area contributed by atoms with Crippen LogP contribution >= 0.6 is 0 Å². The Hall–Kier alpha value is -0.610. The van der Waals surface area contributed by atoms with E-state index in [1.165, 1.54) is 0 Å². The van der Waals surface area contributed by atoms with Crippen LogP contribution in [0.15, 0.2) is 0 Å². The minimum absolute atomic E-state index is 0.0230. The van der Waals surface area contributed by atoms with Crippen LogP contribution in [0.5, 0.6) is 0 Å². The highest BCUT2D eigenvalue weighted by Gasteiger charge is 2.27. The second-order valence-corrected chi connectivity index (χ2v) is 4.10. The molecule has 2 fully saturated rings. The van der Waals surface area contributed by atoms with Gasteiger partial charge in [0.1, 0.15) is 0 Å². The Kier molecular flexibility index (Phi) is 3.03. The number of nitrogens with zero attached hydrogens (tertiary/aromatic N) is 1. The molecule has 0 spiro atoms. The van der Waals surface area contributed by atoms with Crippen LogP contribution in [-0.4, -0.2) is 49.2 Å². The van der Waals surface area contributed by atoms with Gasteiger partial charge < -0.3 is 15.0 Å². The zero-order valence-electron chi connectivity index (χ0n) is 8.66. The zero-order chi connectivity index (χ0) is 9.97. The first-order chi connectivity index (χ1) is 6.77. The largest absolute Gasteiger partial charge is 0.376 e. The van der Waals surface area contributed by atoms with E-state index in [4.69, 9.17) is 4.74 Å². The van der Waals surface area contributed by atoms with E-state index in [9.17, 15) is 4.79 Å². The predicted molar refractivity (Wildman–Crippen MR) is 53.0 cm³/mol. The summed E-state index contributed by atoms with van der Waals surface area (Å²) in [4.78, 5) is 13.6. The summed E-state index contributed by atoms with van der Waals surface area (Å²) in [7, 11) is 0. The van der Waals surface area contributed by atoms with E-state index >= 15 is 0 Å². The van der Waals surface area contributed by atoms with Crippen molar-refractivity contribution in [3.63, 3.8) is 0 Å². The van der Waals surface area contributed by atoms with E-state index in [0.717, 1.165) is 39.1 Å². The van der Waals surface area contributed by atoms with Gasteiger partial charge in [0.2, 0.25) is 5.91 Å². The number of amides is 1. The molecule has 0 aromatic rings. The highest BCUT2D eigenvalue weighted by Crippen LogP contribution is 2.14. The van der Waals surface area contributed by atoms with E-state index in [-0.39, 0.29) is 18.1 Å². The van der Waals surface area contributed by atoms with Crippen LogP contribution in [0.4, 0.5) is 0 Å². The highest BCUT2D eigenvalue weighted by atomic mass is 16.5. The van der Waals surface area contributed by atoms with E-state index < -0.39 is 0 Å². The number of carbonyl (C=O) groups excluding carboxylic acids is 1. The van der Waals surface area contributed by atoms with E-state index in [1.807, 2.05) is 11.8 Å². The van der Waals surface area contributed by atoms with Crippen molar-refractivity contribution in [1.29, 1.82) is 0 Å². The molecule has 2 aliphatic rings. The topological polar surface area (TPSA) is 41.6 Å². The molecule has 2 aliphatic heterocycles. The Bertz CT molecular complexity index is 214. The second kappa shape index (κ2) is 4.28. The number of nitrogens with one attached hydrogen (secondary N) is 1. The van der Waals surface area contributed by atoms with Crippen LogP contribution in [0, 0.1) is 0 Å². The Morgan fingerprint density at radius 2 is 2.50 bits per heavy atom. The Morgan fingerprint density at radius 3 is 3.21 bits per heavy atom. The molecule has 0 aromatic carbocycles. The number of piperazine rings is 1. The van der Waals surface area contributed by atoms with Crippen molar-refractivity contribution < 1.29 is 9.53 Å². The average Bonchev–Trinajstić information content (AvgIpc) is 2.66. The van der Waals surface area contributed by atoms with Gasteiger partial charge in [0.25, 0.3) is 0 Å². The van der Waals surface area contributed by atoms with Gasteiger partial charge in [-0.3, -0.25) is 4.79 Å². The third kappa shape index (κ3) is 2.07. The number of hydrogen-bond donors (Lipinski definition) is 1. The molecule has 2 atom stereocenters. The maximum atomic E-state index is 11.7. The second-order valence-electron chi connectivity index (χ2n) is 4.10. The quantitative estimate of drug-likeness (QED) is 0.678. The van der Waals surface area contributed by atoms with Gasteiger partial charge in [0.05, 0.1) is 12.1 Å². The summed E-state index contributed by atoms with van der Waals surface area (Å²) in [5, 5.41) is 3.15. The molecular weight excluding hydrogens is 180 g/mol. The van der Waals surface area contributed by atoms with Crippen LogP contribution in [0.3, 0.4) is 0 Å². The summed E-state index contributed by atoms with van der Waals surface area (Å²) in [5.74, 6) is 0.215. The van der Waals surface area contributed by atoms with Gasteiger partial charge in [0.15, 0.2) is 0 Å². The lowest BCUT2D eigenvalue weighted by molar-refractivity contribution is -0.136. The molecule has 2 rings (SSSR count).